The summed E-state index contributed by atoms with van der Waals surface area (Å²) in [4.78, 5) is 14.4. The number of nitrogens with zero attached hydrogens (tertiary/aromatic N) is 1. The lowest BCUT2D eigenvalue weighted by atomic mass is 10.1. The maximum Gasteiger partial charge on any atom is 0.244 e. The van der Waals surface area contributed by atoms with Gasteiger partial charge >= 0.3 is 0 Å². The minimum atomic E-state index is -0.141. The molecular weight excluding hydrogens is 238 g/mol. The highest BCUT2D eigenvalue weighted by Crippen LogP contribution is 2.21. The number of carbonyl (C=O) groups excluding carboxylic acids is 1. The Hall–Kier alpha value is -1.55. The van der Waals surface area contributed by atoms with E-state index in [2.05, 4.69) is 53.6 Å². The van der Waals surface area contributed by atoms with Crippen LogP contribution in [-0.2, 0) is 4.79 Å². The summed E-state index contributed by atoms with van der Waals surface area (Å²) in [5.41, 5.74) is 2.36. The second kappa shape index (κ2) is 6.06. The molecule has 1 fully saturated rings. The van der Waals surface area contributed by atoms with Gasteiger partial charge in [0, 0.05) is 25.3 Å². The van der Waals surface area contributed by atoms with E-state index in [4.69, 9.17) is 0 Å². The van der Waals surface area contributed by atoms with Gasteiger partial charge in [0.1, 0.15) is 6.04 Å². The second-order valence-corrected chi connectivity index (χ2v) is 5.41. The van der Waals surface area contributed by atoms with Gasteiger partial charge in [0.15, 0.2) is 0 Å². The van der Waals surface area contributed by atoms with Crippen LogP contribution < -0.4 is 15.5 Å². The molecule has 0 aliphatic carbocycles. The van der Waals surface area contributed by atoms with Gasteiger partial charge in [0.05, 0.1) is 0 Å². The summed E-state index contributed by atoms with van der Waals surface area (Å²) in [7, 11) is 1.88. The van der Waals surface area contributed by atoms with Crippen LogP contribution in [0.15, 0.2) is 24.3 Å². The van der Waals surface area contributed by atoms with Gasteiger partial charge in [0.25, 0.3) is 0 Å². The smallest absolute Gasteiger partial charge is 0.244 e. The molecule has 2 N–H and O–H groups in total. The molecule has 0 spiro atoms. The van der Waals surface area contributed by atoms with E-state index in [1.807, 2.05) is 7.05 Å². The summed E-state index contributed by atoms with van der Waals surface area (Å²) in [6.45, 7) is 6.55. The second-order valence-electron chi connectivity index (χ2n) is 5.41. The first kappa shape index (κ1) is 13.9. The minimum Gasteiger partial charge on any atom is -0.358 e. The lowest BCUT2D eigenvalue weighted by Crippen LogP contribution is -2.49. The average molecular weight is 261 g/mol. The van der Waals surface area contributed by atoms with Gasteiger partial charge in [-0.1, -0.05) is 24.6 Å². The quantitative estimate of drug-likeness (QED) is 0.858. The van der Waals surface area contributed by atoms with Gasteiger partial charge in [-0.15, -0.1) is 0 Å². The highest BCUT2D eigenvalue weighted by molar-refractivity contribution is 5.86. The normalized spacial score (nSPS) is 23.9. The summed E-state index contributed by atoms with van der Waals surface area (Å²) in [5, 5.41) is 6.14. The third-order valence-corrected chi connectivity index (χ3v) is 3.58. The van der Waals surface area contributed by atoms with Crippen LogP contribution in [0.25, 0.3) is 0 Å². The van der Waals surface area contributed by atoms with E-state index in [0.29, 0.717) is 12.5 Å². The Morgan fingerprint density at radius 1 is 1.37 bits per heavy atom. The van der Waals surface area contributed by atoms with E-state index in [1.165, 1.54) is 5.56 Å². The molecular formula is C15H23N3O. The number of rotatable bonds is 3. The zero-order valence-corrected chi connectivity index (χ0v) is 11.9. The molecule has 2 rings (SSSR count). The third kappa shape index (κ3) is 3.26. The van der Waals surface area contributed by atoms with Crippen LogP contribution in [0.2, 0.25) is 0 Å². The largest absolute Gasteiger partial charge is 0.358 e. The summed E-state index contributed by atoms with van der Waals surface area (Å²) in [6.07, 6.45) is 0. The van der Waals surface area contributed by atoms with Crippen LogP contribution in [0.3, 0.4) is 0 Å². The topological polar surface area (TPSA) is 44.4 Å². The van der Waals surface area contributed by atoms with E-state index >= 15 is 0 Å². The van der Waals surface area contributed by atoms with Crippen molar-refractivity contribution < 1.29 is 4.79 Å². The Morgan fingerprint density at radius 2 is 2.05 bits per heavy atom. The van der Waals surface area contributed by atoms with Crippen molar-refractivity contribution in [3.8, 4) is 0 Å². The van der Waals surface area contributed by atoms with Crippen molar-refractivity contribution in [2.75, 3.05) is 31.6 Å². The zero-order valence-electron chi connectivity index (χ0n) is 11.9. The molecule has 1 aromatic carbocycles. The number of aryl methyl sites for hydroxylation is 1. The molecule has 4 heteroatoms. The first-order valence-electron chi connectivity index (χ1n) is 6.87. The lowest BCUT2D eigenvalue weighted by Gasteiger charge is -2.31. The van der Waals surface area contributed by atoms with Crippen molar-refractivity contribution in [3.05, 3.63) is 29.8 Å². The Labute approximate surface area is 115 Å². The van der Waals surface area contributed by atoms with Gasteiger partial charge in [-0.05, 0) is 32.0 Å². The van der Waals surface area contributed by atoms with E-state index in [9.17, 15) is 4.79 Å². The Morgan fingerprint density at radius 3 is 2.68 bits per heavy atom. The first-order valence-corrected chi connectivity index (χ1v) is 6.87. The van der Waals surface area contributed by atoms with Crippen LogP contribution in [0.4, 0.5) is 5.69 Å². The Bertz CT molecular complexity index is 430. The van der Waals surface area contributed by atoms with Gasteiger partial charge < -0.3 is 15.5 Å². The molecule has 1 aliphatic heterocycles. The summed E-state index contributed by atoms with van der Waals surface area (Å²) < 4.78 is 0. The number of amides is 1. The first-order chi connectivity index (χ1) is 9.11. The van der Waals surface area contributed by atoms with Crippen molar-refractivity contribution in [1.82, 2.24) is 10.6 Å². The monoisotopic (exact) mass is 261 g/mol. The minimum absolute atomic E-state index is 0.110. The molecule has 0 bridgehead atoms. The number of nitrogens with one attached hydrogen (secondary N) is 2. The number of anilines is 1. The van der Waals surface area contributed by atoms with Crippen LogP contribution in [0.1, 0.15) is 12.5 Å². The van der Waals surface area contributed by atoms with E-state index in [1.54, 1.807) is 0 Å². The predicted octanol–water partition coefficient (Wildman–Crippen LogP) is 1.16. The van der Waals surface area contributed by atoms with Crippen molar-refractivity contribution in [1.29, 1.82) is 0 Å². The highest BCUT2D eigenvalue weighted by Gasteiger charge is 2.29. The fourth-order valence-corrected chi connectivity index (χ4v) is 2.48. The standard InChI is InChI=1S/C15H23N3O/c1-11-4-6-13(7-5-11)18-10-12(2)8-17-15(19)14(18)9-16-3/h4-7,12,14,16H,8-10H2,1-3H3,(H,17,19). The van der Waals surface area contributed by atoms with Crippen LogP contribution in [0, 0.1) is 12.8 Å². The molecule has 2 atom stereocenters. The van der Waals surface area contributed by atoms with Crippen LogP contribution in [-0.4, -0.2) is 38.6 Å². The van der Waals surface area contributed by atoms with E-state index < -0.39 is 0 Å². The number of carbonyl (C=O) groups is 1. The fourth-order valence-electron chi connectivity index (χ4n) is 2.48. The fraction of sp³-hybridized carbons (Fsp3) is 0.533. The lowest BCUT2D eigenvalue weighted by molar-refractivity contribution is -0.122. The van der Waals surface area contributed by atoms with E-state index in [-0.39, 0.29) is 11.9 Å². The summed E-state index contributed by atoms with van der Waals surface area (Å²) in [6, 6.07) is 8.25. The molecule has 2 unspecified atom stereocenters. The molecule has 104 valence electrons. The van der Waals surface area contributed by atoms with Gasteiger partial charge in [-0.25, -0.2) is 0 Å². The van der Waals surface area contributed by atoms with Crippen LogP contribution >= 0.6 is 0 Å². The van der Waals surface area contributed by atoms with Crippen molar-refractivity contribution in [3.63, 3.8) is 0 Å². The van der Waals surface area contributed by atoms with Gasteiger partial charge in [-0.3, -0.25) is 4.79 Å². The van der Waals surface area contributed by atoms with Crippen molar-refractivity contribution in [2.45, 2.75) is 19.9 Å². The maximum absolute atomic E-state index is 12.2. The average Bonchev–Trinajstić information content (AvgIpc) is 2.53. The molecule has 19 heavy (non-hydrogen) atoms. The molecule has 0 radical (unpaired) electrons. The third-order valence-electron chi connectivity index (χ3n) is 3.58. The van der Waals surface area contributed by atoms with Gasteiger partial charge in [0.2, 0.25) is 5.91 Å². The molecule has 1 aromatic rings. The molecule has 1 saturated heterocycles. The van der Waals surface area contributed by atoms with E-state index in [0.717, 1.165) is 18.8 Å². The van der Waals surface area contributed by atoms with Gasteiger partial charge in [-0.2, -0.15) is 0 Å². The number of benzene rings is 1. The molecule has 0 aromatic heterocycles. The summed E-state index contributed by atoms with van der Waals surface area (Å²) >= 11 is 0. The highest BCUT2D eigenvalue weighted by atomic mass is 16.2. The zero-order chi connectivity index (χ0) is 13.8. The molecule has 1 heterocycles. The number of hydrogen-bond acceptors (Lipinski definition) is 3. The molecule has 0 saturated carbocycles. The van der Waals surface area contributed by atoms with Crippen LogP contribution in [0.5, 0.6) is 0 Å². The van der Waals surface area contributed by atoms with Crippen molar-refractivity contribution >= 4 is 11.6 Å². The van der Waals surface area contributed by atoms with Crippen molar-refractivity contribution in [2.24, 2.45) is 5.92 Å². The molecule has 1 aliphatic rings. The molecule has 1 amide bonds. The number of likely N-dealkylation sites (N-methyl/N-ethyl adjacent to an activating group) is 1. The maximum atomic E-state index is 12.2. The number of hydrogen-bond donors (Lipinski definition) is 2. The predicted molar refractivity (Wildman–Crippen MR) is 78.4 cm³/mol. The SMILES string of the molecule is CNCC1C(=O)NCC(C)CN1c1ccc(C)cc1. The summed E-state index contributed by atoms with van der Waals surface area (Å²) in [5.74, 6) is 0.561. The Balaban J connectivity index is 2.29. The molecule has 4 nitrogen and oxygen atoms in total. The Kier molecular flexibility index (Phi) is 4.43.